The number of nitrogens with zero attached hydrogens (tertiary/aromatic N) is 1. The number of carbonyl (C=O) groups excluding carboxylic acids is 1. The highest BCUT2D eigenvalue weighted by Crippen LogP contribution is 2.36. The molecule has 0 fully saturated rings. The Bertz CT molecular complexity index is 791. The van der Waals surface area contributed by atoms with Crippen LogP contribution in [0.4, 0.5) is 8.78 Å². The molecule has 0 aliphatic rings. The molecule has 1 heterocycles. The summed E-state index contributed by atoms with van der Waals surface area (Å²) in [6, 6.07) is 2.86. The van der Waals surface area contributed by atoms with Gasteiger partial charge in [-0.2, -0.15) is 0 Å². The minimum absolute atomic E-state index is 0.00761. The van der Waals surface area contributed by atoms with Gasteiger partial charge >= 0.3 is 5.97 Å². The van der Waals surface area contributed by atoms with Crippen molar-refractivity contribution in [3.63, 3.8) is 0 Å². The number of amides is 1. The number of benzene rings is 1. The molecule has 2 N–H and O–H groups in total. The lowest BCUT2D eigenvalue weighted by atomic mass is 10.0. The average molecular weight is 393 g/mol. The minimum Gasteiger partial charge on any atom is -0.480 e. The van der Waals surface area contributed by atoms with Crippen LogP contribution < -0.4 is 5.32 Å². The van der Waals surface area contributed by atoms with Gasteiger partial charge in [0, 0.05) is 12.0 Å². The number of aromatic nitrogens is 1. The number of nitrogens with one attached hydrogen (secondary N) is 1. The van der Waals surface area contributed by atoms with Crippen molar-refractivity contribution in [1.29, 1.82) is 0 Å². The number of halogens is 4. The Hall–Kier alpha value is -2.19. The van der Waals surface area contributed by atoms with E-state index in [-0.39, 0.29) is 32.6 Å². The van der Waals surface area contributed by atoms with E-state index in [0.29, 0.717) is 0 Å². The first kappa shape index (κ1) is 19.1. The molecule has 0 saturated heterocycles. The Morgan fingerprint density at radius 1 is 1.32 bits per heavy atom. The first-order valence-corrected chi connectivity index (χ1v) is 7.70. The maximum absolute atomic E-state index is 12.5. The number of rotatable bonds is 6. The van der Waals surface area contributed by atoms with Crippen LogP contribution in [0.5, 0.6) is 0 Å². The molecular weight excluding hydrogens is 381 g/mol. The average Bonchev–Trinajstić information content (AvgIpc) is 2.87. The number of aliphatic carboxylic acids is 1. The summed E-state index contributed by atoms with van der Waals surface area (Å²) in [6.07, 6.45) is -3.93. The smallest absolute Gasteiger partial charge is 0.326 e. The van der Waals surface area contributed by atoms with Gasteiger partial charge in [-0.3, -0.25) is 4.79 Å². The van der Waals surface area contributed by atoms with Crippen molar-refractivity contribution in [2.45, 2.75) is 25.8 Å². The molecule has 0 bridgehead atoms. The lowest BCUT2D eigenvalue weighted by Crippen LogP contribution is -2.42. The molecule has 0 saturated carbocycles. The molecule has 6 nitrogen and oxygen atoms in total. The Morgan fingerprint density at radius 2 is 1.92 bits per heavy atom. The highest BCUT2D eigenvalue weighted by atomic mass is 35.5. The lowest BCUT2D eigenvalue weighted by Gasteiger charge is -2.14. The van der Waals surface area contributed by atoms with Gasteiger partial charge in [-0.05, 0) is 19.1 Å². The van der Waals surface area contributed by atoms with E-state index in [1.54, 1.807) is 6.07 Å². The molecule has 1 aromatic heterocycles. The number of carboxylic acids is 1. The summed E-state index contributed by atoms with van der Waals surface area (Å²) in [5, 5.41) is 15.1. The summed E-state index contributed by atoms with van der Waals surface area (Å²) in [5.41, 5.74) is 0.0795. The van der Waals surface area contributed by atoms with E-state index < -0.39 is 30.8 Å². The van der Waals surface area contributed by atoms with Crippen LogP contribution >= 0.6 is 23.2 Å². The monoisotopic (exact) mass is 392 g/mol. The highest BCUT2D eigenvalue weighted by molar-refractivity contribution is 6.39. The molecule has 0 spiro atoms. The van der Waals surface area contributed by atoms with E-state index in [4.69, 9.17) is 32.8 Å². The van der Waals surface area contributed by atoms with Gasteiger partial charge in [0.1, 0.15) is 23.1 Å². The number of aryl methyl sites for hydroxylation is 1. The largest absolute Gasteiger partial charge is 0.480 e. The van der Waals surface area contributed by atoms with Gasteiger partial charge < -0.3 is 14.9 Å². The van der Waals surface area contributed by atoms with Crippen molar-refractivity contribution < 1.29 is 28.0 Å². The molecule has 2 aromatic rings. The third-order valence-electron chi connectivity index (χ3n) is 3.31. The molecule has 2 rings (SSSR count). The van der Waals surface area contributed by atoms with Gasteiger partial charge in [0.25, 0.3) is 5.91 Å². The van der Waals surface area contributed by atoms with Crippen LogP contribution in [0.1, 0.15) is 22.5 Å². The van der Waals surface area contributed by atoms with E-state index in [1.165, 1.54) is 19.1 Å². The van der Waals surface area contributed by atoms with Crippen LogP contribution in [0.3, 0.4) is 0 Å². The fraction of sp³-hybridized carbons (Fsp3) is 0.267. The SMILES string of the molecule is Cc1onc(-c2c(Cl)cccc2Cl)c1C(=O)NC(CC(F)F)C(=O)O. The second kappa shape index (κ2) is 7.79. The topological polar surface area (TPSA) is 92.4 Å². The second-order valence-corrected chi connectivity index (χ2v) is 5.86. The summed E-state index contributed by atoms with van der Waals surface area (Å²) < 4.78 is 30.0. The highest BCUT2D eigenvalue weighted by Gasteiger charge is 2.29. The van der Waals surface area contributed by atoms with Gasteiger partial charge in [0.15, 0.2) is 0 Å². The van der Waals surface area contributed by atoms with Gasteiger partial charge in [-0.15, -0.1) is 0 Å². The first-order valence-electron chi connectivity index (χ1n) is 6.94. The molecular formula is C15H12Cl2F2N2O4. The molecule has 0 aliphatic carbocycles. The van der Waals surface area contributed by atoms with Crippen molar-refractivity contribution >= 4 is 35.1 Å². The van der Waals surface area contributed by atoms with E-state index in [1.807, 2.05) is 5.32 Å². The van der Waals surface area contributed by atoms with Crippen LogP contribution in [0.2, 0.25) is 10.0 Å². The normalized spacial score (nSPS) is 12.2. The number of hydrogen-bond acceptors (Lipinski definition) is 4. The zero-order valence-corrected chi connectivity index (χ0v) is 14.2. The van der Waals surface area contributed by atoms with Crippen molar-refractivity contribution in [1.82, 2.24) is 10.5 Å². The molecule has 0 aliphatic heterocycles. The number of hydrogen-bond donors (Lipinski definition) is 2. The van der Waals surface area contributed by atoms with Gasteiger partial charge in [0.2, 0.25) is 6.43 Å². The van der Waals surface area contributed by atoms with E-state index >= 15 is 0 Å². The van der Waals surface area contributed by atoms with Crippen molar-refractivity contribution in [3.8, 4) is 11.3 Å². The molecule has 25 heavy (non-hydrogen) atoms. The Labute approximate surface area is 150 Å². The number of carbonyl (C=O) groups is 2. The fourth-order valence-corrected chi connectivity index (χ4v) is 2.74. The van der Waals surface area contributed by atoms with Crippen LogP contribution in [0.15, 0.2) is 22.7 Å². The summed E-state index contributed by atoms with van der Waals surface area (Å²) in [7, 11) is 0. The Balaban J connectivity index is 2.42. The molecule has 0 radical (unpaired) electrons. The molecule has 1 amide bonds. The molecule has 134 valence electrons. The van der Waals surface area contributed by atoms with Crippen LogP contribution in [0, 0.1) is 6.92 Å². The second-order valence-electron chi connectivity index (χ2n) is 5.05. The van der Waals surface area contributed by atoms with E-state index in [0.717, 1.165) is 0 Å². The molecule has 1 atom stereocenters. The Kier molecular flexibility index (Phi) is 5.97. The van der Waals surface area contributed by atoms with Crippen LogP contribution in [-0.4, -0.2) is 34.6 Å². The molecule has 1 unspecified atom stereocenters. The Morgan fingerprint density at radius 3 is 2.44 bits per heavy atom. The summed E-state index contributed by atoms with van der Waals surface area (Å²) in [4.78, 5) is 23.5. The van der Waals surface area contributed by atoms with Gasteiger partial charge in [-0.25, -0.2) is 13.6 Å². The summed E-state index contributed by atoms with van der Waals surface area (Å²) in [6.45, 7) is 1.42. The number of alkyl halides is 2. The number of carboxylic acid groups (broad SMARTS) is 1. The zero-order chi connectivity index (χ0) is 18.7. The predicted molar refractivity (Wildman–Crippen MR) is 86.2 cm³/mol. The summed E-state index contributed by atoms with van der Waals surface area (Å²) >= 11 is 12.2. The first-order chi connectivity index (χ1) is 11.7. The maximum Gasteiger partial charge on any atom is 0.326 e. The van der Waals surface area contributed by atoms with Crippen molar-refractivity contribution in [3.05, 3.63) is 39.6 Å². The molecule has 10 heteroatoms. The van der Waals surface area contributed by atoms with Crippen LogP contribution in [0.25, 0.3) is 11.3 Å². The fourth-order valence-electron chi connectivity index (χ4n) is 2.16. The van der Waals surface area contributed by atoms with Gasteiger partial charge in [-0.1, -0.05) is 34.4 Å². The third kappa shape index (κ3) is 4.26. The minimum atomic E-state index is -2.90. The predicted octanol–water partition coefficient (Wildman–Crippen LogP) is 3.80. The standard InChI is InChI=1S/C15H12Cl2F2N2O4/c1-6-11(14(22)20-9(15(23)24)5-10(18)19)13(21-25-6)12-7(16)3-2-4-8(12)17/h2-4,9-10H,5H2,1H3,(H,20,22)(H,23,24). The van der Waals surface area contributed by atoms with E-state index in [2.05, 4.69) is 5.16 Å². The zero-order valence-electron chi connectivity index (χ0n) is 12.7. The van der Waals surface area contributed by atoms with Crippen molar-refractivity contribution in [2.75, 3.05) is 0 Å². The molecule has 1 aromatic carbocycles. The van der Waals surface area contributed by atoms with Crippen molar-refractivity contribution in [2.24, 2.45) is 0 Å². The van der Waals surface area contributed by atoms with E-state index in [9.17, 15) is 18.4 Å². The van der Waals surface area contributed by atoms with Crippen LogP contribution in [-0.2, 0) is 4.79 Å². The maximum atomic E-state index is 12.5. The van der Waals surface area contributed by atoms with Gasteiger partial charge in [0.05, 0.1) is 10.0 Å². The quantitative estimate of drug-likeness (QED) is 0.779. The third-order valence-corrected chi connectivity index (χ3v) is 3.94. The summed E-state index contributed by atoms with van der Waals surface area (Å²) in [5.74, 6) is -2.46. The lowest BCUT2D eigenvalue weighted by molar-refractivity contribution is -0.140.